The van der Waals surface area contributed by atoms with Crippen molar-refractivity contribution in [3.05, 3.63) is 35.1 Å². The van der Waals surface area contributed by atoms with Crippen molar-refractivity contribution >= 4 is 15.6 Å². The Labute approximate surface area is 96.2 Å². The molecule has 0 radical (unpaired) electrons. The summed E-state index contributed by atoms with van der Waals surface area (Å²) in [4.78, 5) is 11.4. The zero-order chi connectivity index (χ0) is 13.2. The molecule has 0 aliphatic heterocycles. The molecule has 1 rings (SSSR count). The Hall–Kier alpha value is -1.37. The molecule has 17 heavy (non-hydrogen) atoms. The molecular weight excluding hydrogens is 257 g/mol. The quantitative estimate of drug-likeness (QED) is 0.616. The predicted octanol–water partition coefficient (Wildman–Crippen LogP) is 1.72. The molecule has 0 fully saturated rings. The number of rotatable bonds is 4. The van der Waals surface area contributed by atoms with Crippen molar-refractivity contribution in [3.8, 4) is 0 Å². The Balaban J connectivity index is 2.95. The number of carbonyl (C=O) groups is 1. The Morgan fingerprint density at radius 2 is 1.76 bits per heavy atom. The van der Waals surface area contributed by atoms with Crippen LogP contribution < -0.4 is 0 Å². The third kappa shape index (κ3) is 3.55. The van der Waals surface area contributed by atoms with Crippen LogP contribution in [0.25, 0.3) is 0 Å². The van der Waals surface area contributed by atoms with E-state index in [1.165, 1.54) is 0 Å². The minimum absolute atomic E-state index is 0.468. The molecule has 0 saturated heterocycles. The summed E-state index contributed by atoms with van der Waals surface area (Å²) in [6, 6.07) is 1.41. The van der Waals surface area contributed by atoms with E-state index in [2.05, 4.69) is 0 Å². The number of benzene rings is 1. The Bertz CT molecular complexity index is 552. The van der Waals surface area contributed by atoms with Crippen molar-refractivity contribution in [1.82, 2.24) is 0 Å². The first-order valence-corrected chi connectivity index (χ1v) is 6.63. The van der Waals surface area contributed by atoms with Crippen LogP contribution in [0.2, 0.25) is 0 Å². The Morgan fingerprint density at radius 1 is 1.18 bits per heavy atom. The fourth-order valence-electron chi connectivity index (χ4n) is 1.15. The van der Waals surface area contributed by atoms with Crippen molar-refractivity contribution in [2.75, 3.05) is 12.0 Å². The van der Waals surface area contributed by atoms with Crippen LogP contribution in [0.5, 0.6) is 0 Å². The van der Waals surface area contributed by atoms with E-state index in [-0.39, 0.29) is 0 Å². The number of halogens is 3. The first kappa shape index (κ1) is 13.7. The lowest BCUT2D eigenvalue weighted by Gasteiger charge is -2.03. The molecular formula is C10H9F3O3S. The molecule has 0 bridgehead atoms. The lowest BCUT2D eigenvalue weighted by Crippen LogP contribution is -2.12. The summed E-state index contributed by atoms with van der Waals surface area (Å²) in [5.41, 5.74) is -0.646. The average molecular weight is 266 g/mol. The Kier molecular flexibility index (Phi) is 3.92. The lowest BCUT2D eigenvalue weighted by molar-refractivity contribution is 0.0983. The van der Waals surface area contributed by atoms with Crippen LogP contribution >= 0.6 is 0 Å². The number of hydrogen-bond acceptors (Lipinski definition) is 3. The summed E-state index contributed by atoms with van der Waals surface area (Å²) in [6.45, 7) is 0. The molecule has 0 heterocycles. The molecule has 0 spiro atoms. The summed E-state index contributed by atoms with van der Waals surface area (Å²) < 4.78 is 60.1. The zero-order valence-corrected chi connectivity index (χ0v) is 9.65. The van der Waals surface area contributed by atoms with E-state index < -0.39 is 50.8 Å². The van der Waals surface area contributed by atoms with Crippen LogP contribution in [0.15, 0.2) is 12.1 Å². The predicted molar refractivity (Wildman–Crippen MR) is 55.0 cm³/mol. The summed E-state index contributed by atoms with van der Waals surface area (Å²) in [5.74, 6) is -6.09. The summed E-state index contributed by atoms with van der Waals surface area (Å²) >= 11 is 0. The van der Waals surface area contributed by atoms with Gasteiger partial charge in [-0.1, -0.05) is 0 Å². The first-order valence-electron chi connectivity index (χ1n) is 4.57. The molecule has 7 heteroatoms. The molecule has 0 amide bonds. The van der Waals surface area contributed by atoms with E-state index >= 15 is 0 Å². The van der Waals surface area contributed by atoms with Crippen molar-refractivity contribution in [3.63, 3.8) is 0 Å². The van der Waals surface area contributed by atoms with Crippen LogP contribution in [0, 0.1) is 17.5 Å². The fourth-order valence-corrected chi connectivity index (χ4v) is 1.71. The van der Waals surface area contributed by atoms with Crippen molar-refractivity contribution < 1.29 is 26.4 Å². The minimum Gasteiger partial charge on any atom is -0.294 e. The highest BCUT2D eigenvalue weighted by Gasteiger charge is 2.19. The minimum atomic E-state index is -3.37. The normalized spacial score (nSPS) is 11.5. The molecule has 0 saturated carbocycles. The highest BCUT2D eigenvalue weighted by atomic mass is 32.2. The van der Waals surface area contributed by atoms with Gasteiger partial charge in [0.05, 0.1) is 11.3 Å². The maximum absolute atomic E-state index is 13.1. The van der Waals surface area contributed by atoms with Gasteiger partial charge in [-0.2, -0.15) is 0 Å². The van der Waals surface area contributed by atoms with Gasteiger partial charge < -0.3 is 0 Å². The highest BCUT2D eigenvalue weighted by molar-refractivity contribution is 7.90. The second kappa shape index (κ2) is 4.87. The fraction of sp³-hybridized carbons (Fsp3) is 0.300. The van der Waals surface area contributed by atoms with E-state index in [1.54, 1.807) is 0 Å². The highest BCUT2D eigenvalue weighted by Crippen LogP contribution is 2.16. The second-order valence-electron chi connectivity index (χ2n) is 3.53. The van der Waals surface area contributed by atoms with Crippen LogP contribution in [0.1, 0.15) is 16.8 Å². The van der Waals surface area contributed by atoms with Gasteiger partial charge in [0.1, 0.15) is 9.84 Å². The third-order valence-electron chi connectivity index (χ3n) is 2.04. The number of ketones is 1. The van der Waals surface area contributed by atoms with Crippen molar-refractivity contribution in [1.29, 1.82) is 0 Å². The molecule has 3 nitrogen and oxygen atoms in total. The van der Waals surface area contributed by atoms with Gasteiger partial charge in [0.15, 0.2) is 23.2 Å². The molecule has 0 aliphatic rings. The van der Waals surface area contributed by atoms with E-state index in [1.807, 2.05) is 0 Å². The first-order chi connectivity index (χ1) is 7.72. The van der Waals surface area contributed by atoms with Crippen LogP contribution in [0.4, 0.5) is 13.2 Å². The summed E-state index contributed by atoms with van der Waals surface area (Å²) in [6.07, 6.45) is 0.447. The van der Waals surface area contributed by atoms with E-state index in [9.17, 15) is 26.4 Å². The standard InChI is InChI=1S/C10H9F3O3S/c1-17(15,16)5-4-8(14)6-2-3-7(11)10(13)9(6)12/h2-3H,4-5H2,1H3. The van der Waals surface area contributed by atoms with Gasteiger partial charge >= 0.3 is 0 Å². The van der Waals surface area contributed by atoms with E-state index in [4.69, 9.17) is 0 Å². The summed E-state index contributed by atoms with van der Waals surface area (Å²) in [7, 11) is -3.37. The third-order valence-corrected chi connectivity index (χ3v) is 2.98. The molecule has 0 aromatic heterocycles. The van der Waals surface area contributed by atoms with Gasteiger partial charge in [0, 0.05) is 12.7 Å². The maximum Gasteiger partial charge on any atom is 0.195 e. The van der Waals surface area contributed by atoms with E-state index in [0.717, 1.165) is 12.3 Å². The summed E-state index contributed by atoms with van der Waals surface area (Å²) in [5, 5.41) is 0. The lowest BCUT2D eigenvalue weighted by atomic mass is 10.1. The smallest absolute Gasteiger partial charge is 0.195 e. The average Bonchev–Trinajstić information content (AvgIpc) is 2.22. The van der Waals surface area contributed by atoms with Gasteiger partial charge in [-0.05, 0) is 12.1 Å². The van der Waals surface area contributed by atoms with Gasteiger partial charge in [0.25, 0.3) is 0 Å². The monoisotopic (exact) mass is 266 g/mol. The molecule has 94 valence electrons. The van der Waals surface area contributed by atoms with Gasteiger partial charge in [0.2, 0.25) is 0 Å². The molecule has 0 aliphatic carbocycles. The molecule has 0 N–H and O–H groups in total. The van der Waals surface area contributed by atoms with Crippen molar-refractivity contribution in [2.24, 2.45) is 0 Å². The zero-order valence-electron chi connectivity index (χ0n) is 8.84. The van der Waals surface area contributed by atoms with Crippen molar-refractivity contribution in [2.45, 2.75) is 6.42 Å². The van der Waals surface area contributed by atoms with Crippen LogP contribution in [-0.2, 0) is 9.84 Å². The largest absolute Gasteiger partial charge is 0.294 e. The maximum atomic E-state index is 13.1. The number of sulfone groups is 1. The molecule has 1 aromatic rings. The van der Waals surface area contributed by atoms with Crippen LogP contribution in [0.3, 0.4) is 0 Å². The van der Waals surface area contributed by atoms with E-state index in [0.29, 0.717) is 6.07 Å². The topological polar surface area (TPSA) is 51.2 Å². The van der Waals surface area contributed by atoms with Gasteiger partial charge in [-0.25, -0.2) is 21.6 Å². The SMILES string of the molecule is CS(=O)(=O)CCC(=O)c1ccc(F)c(F)c1F. The van der Waals surface area contributed by atoms with Gasteiger partial charge in [-0.15, -0.1) is 0 Å². The molecule has 1 aromatic carbocycles. The van der Waals surface area contributed by atoms with Gasteiger partial charge in [-0.3, -0.25) is 4.79 Å². The second-order valence-corrected chi connectivity index (χ2v) is 5.79. The molecule has 0 atom stereocenters. The Morgan fingerprint density at radius 3 is 2.29 bits per heavy atom. The number of Topliss-reactive ketones (excluding diaryl/α,β-unsaturated/α-hetero) is 1. The number of carbonyl (C=O) groups excluding carboxylic acids is 1. The number of hydrogen-bond donors (Lipinski definition) is 0. The van der Waals surface area contributed by atoms with Crippen LogP contribution in [-0.4, -0.2) is 26.2 Å². The molecule has 0 unspecified atom stereocenters.